The maximum absolute atomic E-state index is 12.1. The monoisotopic (exact) mass is 281 g/mol. The Hall–Kier alpha value is -1.61. The maximum Gasteiger partial charge on any atom is 0.415 e. The standard InChI is InChI=1S/C10H14F3N3O3/c1-6-3-8(15-19-6)14-9(18)5-16(2)4-7(17)10(11,12)13/h3,7,17H,4-5H2,1-2H3,(H,14,15,18). The summed E-state index contributed by atoms with van der Waals surface area (Å²) in [6.45, 7) is 0.641. The molecule has 2 N–H and O–H groups in total. The van der Waals surface area contributed by atoms with Gasteiger partial charge in [-0.1, -0.05) is 5.16 Å². The summed E-state index contributed by atoms with van der Waals surface area (Å²) in [5, 5.41) is 14.7. The molecule has 19 heavy (non-hydrogen) atoms. The van der Waals surface area contributed by atoms with Crippen molar-refractivity contribution < 1.29 is 27.6 Å². The second kappa shape index (κ2) is 6.02. The van der Waals surface area contributed by atoms with Crippen LogP contribution in [0.2, 0.25) is 0 Å². The number of hydrogen-bond donors (Lipinski definition) is 2. The van der Waals surface area contributed by atoms with Gasteiger partial charge >= 0.3 is 6.18 Å². The summed E-state index contributed by atoms with van der Waals surface area (Å²) < 4.78 is 41.0. The summed E-state index contributed by atoms with van der Waals surface area (Å²) in [4.78, 5) is 12.5. The van der Waals surface area contributed by atoms with Crippen molar-refractivity contribution in [1.82, 2.24) is 10.1 Å². The third-order valence-corrected chi connectivity index (χ3v) is 2.17. The molecular formula is C10H14F3N3O3. The van der Waals surface area contributed by atoms with Crippen LogP contribution in [0.5, 0.6) is 0 Å². The minimum atomic E-state index is -4.70. The smallest absolute Gasteiger partial charge is 0.382 e. The summed E-state index contributed by atoms with van der Waals surface area (Å²) in [5.41, 5.74) is 0. The third-order valence-electron chi connectivity index (χ3n) is 2.17. The van der Waals surface area contributed by atoms with Crippen molar-refractivity contribution in [1.29, 1.82) is 0 Å². The van der Waals surface area contributed by atoms with Gasteiger partial charge in [0.05, 0.1) is 6.54 Å². The summed E-state index contributed by atoms with van der Waals surface area (Å²) in [6, 6.07) is 1.47. The number of amides is 1. The first-order valence-corrected chi connectivity index (χ1v) is 5.35. The van der Waals surface area contributed by atoms with Crippen LogP contribution in [-0.2, 0) is 4.79 Å². The fourth-order valence-electron chi connectivity index (χ4n) is 1.32. The van der Waals surface area contributed by atoms with Crippen LogP contribution < -0.4 is 5.32 Å². The lowest BCUT2D eigenvalue weighted by molar-refractivity contribution is -0.207. The first-order valence-electron chi connectivity index (χ1n) is 5.35. The van der Waals surface area contributed by atoms with Gasteiger partial charge in [0.15, 0.2) is 11.9 Å². The number of likely N-dealkylation sites (N-methyl/N-ethyl adjacent to an activating group) is 1. The van der Waals surface area contributed by atoms with E-state index in [1.807, 2.05) is 0 Å². The number of aryl methyl sites for hydroxylation is 1. The molecule has 1 unspecified atom stereocenters. The molecule has 0 saturated carbocycles. The molecule has 1 rings (SSSR count). The number of halogens is 3. The molecule has 0 aliphatic heterocycles. The van der Waals surface area contributed by atoms with Gasteiger partial charge in [0.2, 0.25) is 5.91 Å². The molecule has 0 saturated heterocycles. The second-order valence-electron chi connectivity index (χ2n) is 4.13. The van der Waals surface area contributed by atoms with E-state index in [4.69, 9.17) is 9.63 Å². The highest BCUT2D eigenvalue weighted by Crippen LogP contribution is 2.20. The van der Waals surface area contributed by atoms with E-state index in [1.54, 1.807) is 6.92 Å². The normalized spacial score (nSPS) is 13.6. The minimum Gasteiger partial charge on any atom is -0.382 e. The molecule has 0 aliphatic carbocycles. The highest BCUT2D eigenvalue weighted by molar-refractivity contribution is 5.91. The average Bonchev–Trinajstić information content (AvgIpc) is 2.61. The number of carbonyl (C=O) groups excluding carboxylic acids is 1. The Balaban J connectivity index is 2.40. The van der Waals surface area contributed by atoms with E-state index in [0.717, 1.165) is 4.90 Å². The lowest BCUT2D eigenvalue weighted by Crippen LogP contribution is -2.42. The summed E-state index contributed by atoms with van der Waals surface area (Å²) in [7, 11) is 1.29. The van der Waals surface area contributed by atoms with Crippen molar-refractivity contribution >= 4 is 11.7 Å². The van der Waals surface area contributed by atoms with Crippen LogP contribution in [0.1, 0.15) is 5.76 Å². The van der Waals surface area contributed by atoms with Crippen molar-refractivity contribution in [3.05, 3.63) is 11.8 Å². The van der Waals surface area contributed by atoms with Crippen LogP contribution in [0, 0.1) is 6.92 Å². The van der Waals surface area contributed by atoms with Crippen LogP contribution in [-0.4, -0.2) is 53.5 Å². The predicted molar refractivity (Wildman–Crippen MR) is 59.4 cm³/mol. The second-order valence-corrected chi connectivity index (χ2v) is 4.13. The number of nitrogens with zero attached hydrogens (tertiary/aromatic N) is 2. The Bertz CT molecular complexity index is 433. The zero-order valence-electron chi connectivity index (χ0n) is 10.4. The molecule has 1 aromatic rings. The molecule has 108 valence electrons. The minimum absolute atomic E-state index is 0.187. The maximum atomic E-state index is 12.1. The number of carbonyl (C=O) groups is 1. The molecule has 0 radical (unpaired) electrons. The summed E-state index contributed by atoms with van der Waals surface area (Å²) >= 11 is 0. The molecule has 6 nitrogen and oxygen atoms in total. The zero-order valence-corrected chi connectivity index (χ0v) is 10.4. The van der Waals surface area contributed by atoms with Gasteiger partial charge < -0.3 is 14.9 Å². The molecule has 1 aromatic heterocycles. The number of alkyl halides is 3. The van der Waals surface area contributed by atoms with Gasteiger partial charge in [-0.3, -0.25) is 9.69 Å². The van der Waals surface area contributed by atoms with Crippen molar-refractivity contribution in [2.75, 3.05) is 25.5 Å². The van der Waals surface area contributed by atoms with Crippen molar-refractivity contribution in [3.63, 3.8) is 0 Å². The fraction of sp³-hybridized carbons (Fsp3) is 0.600. The molecule has 0 spiro atoms. The van der Waals surface area contributed by atoms with Crippen LogP contribution in [0.15, 0.2) is 10.6 Å². The Morgan fingerprint density at radius 1 is 1.63 bits per heavy atom. The number of anilines is 1. The van der Waals surface area contributed by atoms with Crippen LogP contribution in [0.3, 0.4) is 0 Å². The fourth-order valence-corrected chi connectivity index (χ4v) is 1.32. The van der Waals surface area contributed by atoms with E-state index < -0.39 is 24.7 Å². The zero-order chi connectivity index (χ0) is 14.6. The molecule has 0 fully saturated rings. The van der Waals surface area contributed by atoms with Gasteiger partial charge in [-0.2, -0.15) is 13.2 Å². The molecule has 1 atom stereocenters. The van der Waals surface area contributed by atoms with Gasteiger partial charge in [0.1, 0.15) is 5.76 Å². The van der Waals surface area contributed by atoms with Crippen molar-refractivity contribution in [3.8, 4) is 0 Å². The lowest BCUT2D eigenvalue weighted by Gasteiger charge is -2.21. The molecule has 1 heterocycles. The van der Waals surface area contributed by atoms with E-state index in [0.29, 0.717) is 5.76 Å². The third kappa shape index (κ3) is 5.26. The van der Waals surface area contributed by atoms with Gasteiger partial charge in [-0.05, 0) is 14.0 Å². The van der Waals surface area contributed by atoms with Gasteiger partial charge in [0, 0.05) is 12.6 Å². The number of aromatic nitrogens is 1. The predicted octanol–water partition coefficient (Wildman–Crippen LogP) is 0.777. The number of rotatable bonds is 5. The van der Waals surface area contributed by atoms with E-state index in [2.05, 4.69) is 10.5 Å². The lowest BCUT2D eigenvalue weighted by atomic mass is 10.3. The number of nitrogens with one attached hydrogen (secondary N) is 1. The van der Waals surface area contributed by atoms with E-state index in [1.165, 1.54) is 13.1 Å². The highest BCUT2D eigenvalue weighted by Gasteiger charge is 2.38. The first kappa shape index (κ1) is 15.4. The van der Waals surface area contributed by atoms with Gasteiger partial charge in [-0.15, -0.1) is 0 Å². The SMILES string of the molecule is Cc1cc(NC(=O)CN(C)CC(O)C(F)(F)F)no1. The van der Waals surface area contributed by atoms with E-state index >= 15 is 0 Å². The Morgan fingerprint density at radius 3 is 2.74 bits per heavy atom. The van der Waals surface area contributed by atoms with Gasteiger partial charge in [-0.25, -0.2) is 0 Å². The van der Waals surface area contributed by atoms with Gasteiger partial charge in [0.25, 0.3) is 0 Å². The molecule has 0 aliphatic rings. The van der Waals surface area contributed by atoms with Crippen molar-refractivity contribution in [2.45, 2.75) is 19.2 Å². The highest BCUT2D eigenvalue weighted by atomic mass is 19.4. The molecular weight excluding hydrogens is 267 g/mol. The summed E-state index contributed by atoms with van der Waals surface area (Å²) in [5.74, 6) is 0.133. The quantitative estimate of drug-likeness (QED) is 0.833. The first-order chi connectivity index (χ1) is 8.68. The van der Waals surface area contributed by atoms with Crippen LogP contribution >= 0.6 is 0 Å². The Kier molecular flexibility index (Phi) is 4.90. The van der Waals surface area contributed by atoms with Crippen LogP contribution in [0.4, 0.5) is 19.0 Å². The largest absolute Gasteiger partial charge is 0.415 e. The van der Waals surface area contributed by atoms with E-state index in [-0.39, 0.29) is 12.4 Å². The average molecular weight is 281 g/mol. The topological polar surface area (TPSA) is 78.6 Å². The molecule has 1 amide bonds. The number of aliphatic hydroxyl groups is 1. The number of aliphatic hydroxyl groups excluding tert-OH is 1. The van der Waals surface area contributed by atoms with E-state index in [9.17, 15) is 18.0 Å². The molecule has 0 bridgehead atoms. The summed E-state index contributed by atoms with van der Waals surface area (Å²) in [6.07, 6.45) is -7.19. The molecule has 0 aromatic carbocycles. The molecule has 9 heteroatoms. The van der Waals surface area contributed by atoms with Crippen molar-refractivity contribution in [2.24, 2.45) is 0 Å². The van der Waals surface area contributed by atoms with Crippen LogP contribution in [0.25, 0.3) is 0 Å². The number of hydrogen-bond acceptors (Lipinski definition) is 5. The Labute approximate surface area is 107 Å². The Morgan fingerprint density at radius 2 is 2.26 bits per heavy atom.